The van der Waals surface area contributed by atoms with Crippen LogP contribution in [0.1, 0.15) is 105 Å². The van der Waals surface area contributed by atoms with Crippen molar-refractivity contribution < 1.29 is 70.2 Å². The second-order valence-electron chi connectivity index (χ2n) is 15.6. The van der Waals surface area contributed by atoms with Gasteiger partial charge in [-0.2, -0.15) is 8.62 Å². The van der Waals surface area contributed by atoms with Crippen molar-refractivity contribution in [3.8, 4) is 11.8 Å². The number of ether oxygens (including phenoxy) is 4. The summed E-state index contributed by atoms with van der Waals surface area (Å²) in [6.07, 6.45) is 12.0. The zero-order valence-corrected chi connectivity index (χ0v) is 39.1. The van der Waals surface area contributed by atoms with E-state index in [0.717, 1.165) is 64.2 Å². The fourth-order valence-corrected chi connectivity index (χ4v) is 13.4. The topological polar surface area (TPSA) is 226 Å². The number of rotatable bonds is 20. The molecule has 57 heavy (non-hydrogen) atoms. The smallest absolute Gasteiger partial charge is 0.446 e. The number of nitrogens with one attached hydrogen (secondary N) is 1. The highest BCUT2D eigenvalue weighted by molar-refractivity contribution is 8.77. The summed E-state index contributed by atoms with van der Waals surface area (Å²) in [6, 6.07) is 0. The van der Waals surface area contributed by atoms with Crippen LogP contribution in [-0.4, -0.2) is 91.2 Å². The number of alkyl carbamates (subject to hydrolysis) is 1. The van der Waals surface area contributed by atoms with Crippen LogP contribution in [0.15, 0.2) is 12.2 Å². The molecule has 23 heteroatoms. The quantitative estimate of drug-likeness (QED) is 0.0146. The number of hydrogen-bond donors (Lipinski definition) is 5. The van der Waals surface area contributed by atoms with Crippen molar-refractivity contribution in [2.24, 2.45) is 11.8 Å². The lowest BCUT2D eigenvalue weighted by molar-refractivity contribution is -0.0499. The van der Waals surface area contributed by atoms with E-state index < -0.39 is 42.3 Å². The maximum Gasteiger partial charge on any atom is 0.490 e. The molecule has 330 valence electrons. The largest absolute Gasteiger partial charge is 0.490 e. The van der Waals surface area contributed by atoms with Crippen LogP contribution in [-0.2, 0) is 45.8 Å². The zero-order valence-electron chi connectivity index (χ0n) is 33.2. The van der Waals surface area contributed by atoms with Gasteiger partial charge < -0.3 is 43.8 Å². The summed E-state index contributed by atoms with van der Waals surface area (Å²) < 4.78 is 71.6. The van der Waals surface area contributed by atoms with Gasteiger partial charge in [-0.15, -0.1) is 0 Å². The van der Waals surface area contributed by atoms with Crippen LogP contribution in [0.3, 0.4) is 0 Å². The Hall–Kier alpha value is 0.260. The minimum Gasteiger partial charge on any atom is -0.446 e. The highest BCUT2D eigenvalue weighted by atomic mass is 33.1. The number of carbonyl (C=O) groups excluding carboxylic acids is 1. The van der Waals surface area contributed by atoms with E-state index in [2.05, 4.69) is 72.5 Å². The van der Waals surface area contributed by atoms with Crippen LogP contribution in [0.4, 0.5) is 4.79 Å². The minimum absolute atomic E-state index is 0.0164. The Morgan fingerprint density at radius 1 is 0.877 bits per heavy atom. The molecule has 0 aromatic rings. The first-order valence-electron chi connectivity index (χ1n) is 18.9. The molecule has 3 unspecified atom stereocenters. The fraction of sp³-hybridized carbons (Fsp3) is 0.853. The Bertz CT molecular complexity index is 1490. The zero-order chi connectivity index (χ0) is 42.2. The van der Waals surface area contributed by atoms with Crippen molar-refractivity contribution >= 4 is 72.7 Å². The van der Waals surface area contributed by atoms with E-state index in [-0.39, 0.29) is 46.2 Å². The van der Waals surface area contributed by atoms with Gasteiger partial charge in [0.2, 0.25) is 0 Å². The van der Waals surface area contributed by atoms with E-state index in [1.807, 2.05) is 0 Å². The predicted octanol–water partition coefficient (Wildman–Crippen LogP) is 8.96. The highest BCUT2D eigenvalue weighted by Gasteiger charge is 2.44. The van der Waals surface area contributed by atoms with E-state index in [1.165, 1.54) is 10.8 Å². The molecule has 1 saturated heterocycles. The lowest BCUT2D eigenvalue weighted by atomic mass is 9.87. The third-order valence-electron chi connectivity index (χ3n) is 8.72. The molecule has 3 aliphatic rings. The number of phosphoric ester groups is 1. The molecule has 0 aromatic heterocycles. The molecule has 1 aliphatic heterocycles. The summed E-state index contributed by atoms with van der Waals surface area (Å²) >= 11 is 0. The van der Waals surface area contributed by atoms with Gasteiger partial charge in [-0.05, 0) is 71.1 Å². The average molecular weight is 944 g/mol. The van der Waals surface area contributed by atoms with Crippen molar-refractivity contribution in [2.45, 2.75) is 139 Å². The van der Waals surface area contributed by atoms with E-state index in [0.29, 0.717) is 24.8 Å². The standard InChI is InChI=1S/C34H60NO15P3S4/c1-33(2,3)56-55-25-45-30-21-29(48-31(30)22-46-52(40,41)50-53(42,43)49-51(37,38)39)27-16-12-11-14-26(20-27)15-13-19-44-24-54-57-34(4,5)23-35-32(36)47-28-17-9-7-6-8-10-18-28/h6-7,26-31H,8-12,14,16-25H2,1-5H3,(H,35,36)(H,40,41)(H,42,43)(H2,37,38,39)/b7-6+/t26-,27-,28?,29+,30+,31+/m0/s1. The fourth-order valence-electron chi connectivity index (χ4n) is 6.28. The molecule has 0 radical (unpaired) electrons. The van der Waals surface area contributed by atoms with Gasteiger partial charge in [0.25, 0.3) is 0 Å². The second-order valence-corrected chi connectivity index (χ2v) is 26.0. The van der Waals surface area contributed by atoms with Crippen LogP contribution in [0.2, 0.25) is 0 Å². The summed E-state index contributed by atoms with van der Waals surface area (Å²) in [6.45, 7) is 10.5. The second kappa shape index (κ2) is 24.8. The summed E-state index contributed by atoms with van der Waals surface area (Å²) in [5.74, 6) is 7.51. The van der Waals surface area contributed by atoms with Crippen LogP contribution in [0.25, 0.3) is 0 Å². The van der Waals surface area contributed by atoms with Gasteiger partial charge in [-0.25, -0.2) is 18.5 Å². The van der Waals surface area contributed by atoms with Gasteiger partial charge in [-0.1, -0.05) is 101 Å². The normalized spacial score (nSPS) is 27.7. The Balaban J connectivity index is 1.46. The predicted molar refractivity (Wildman–Crippen MR) is 226 cm³/mol. The summed E-state index contributed by atoms with van der Waals surface area (Å²) in [7, 11) is -10.2. The van der Waals surface area contributed by atoms with Crippen molar-refractivity contribution in [2.75, 3.05) is 31.6 Å². The molecule has 0 spiro atoms. The van der Waals surface area contributed by atoms with Crippen LogP contribution in [0, 0.1) is 23.7 Å². The molecule has 1 amide bonds. The number of hydrogen-bond acceptors (Lipinski definition) is 15. The summed E-state index contributed by atoms with van der Waals surface area (Å²) in [4.78, 5) is 49.6. The first-order valence-corrected chi connectivity index (χ1v) is 28.1. The van der Waals surface area contributed by atoms with E-state index in [4.69, 9.17) is 33.3 Å². The molecule has 0 bridgehead atoms. The molecular weight excluding hydrogens is 884 g/mol. The van der Waals surface area contributed by atoms with E-state index in [9.17, 15) is 28.3 Å². The maximum atomic E-state index is 12.5. The minimum atomic E-state index is -5.65. The number of allylic oxidation sites excluding steroid dienone is 2. The maximum absolute atomic E-state index is 12.5. The summed E-state index contributed by atoms with van der Waals surface area (Å²) in [5, 5.41) is 2.91. The van der Waals surface area contributed by atoms with Gasteiger partial charge in [0.05, 0.1) is 18.8 Å². The molecule has 8 atom stereocenters. The Kier molecular flexibility index (Phi) is 22.4. The van der Waals surface area contributed by atoms with Crippen LogP contribution >= 0.6 is 66.6 Å². The van der Waals surface area contributed by atoms with Crippen molar-refractivity contribution in [3.05, 3.63) is 12.2 Å². The van der Waals surface area contributed by atoms with Crippen molar-refractivity contribution in [3.63, 3.8) is 0 Å². The third kappa shape index (κ3) is 23.3. The van der Waals surface area contributed by atoms with Gasteiger partial charge >= 0.3 is 29.6 Å². The van der Waals surface area contributed by atoms with Gasteiger partial charge in [-0.3, -0.25) is 4.52 Å². The monoisotopic (exact) mass is 943 g/mol. The van der Waals surface area contributed by atoms with Crippen molar-refractivity contribution in [1.82, 2.24) is 5.32 Å². The molecule has 16 nitrogen and oxygen atoms in total. The lowest BCUT2D eigenvalue weighted by Crippen LogP contribution is -2.37. The van der Waals surface area contributed by atoms with Gasteiger partial charge in [0, 0.05) is 28.4 Å². The Morgan fingerprint density at radius 2 is 1.60 bits per heavy atom. The Labute approximate surface area is 353 Å². The molecule has 3 rings (SSSR count). The van der Waals surface area contributed by atoms with Crippen LogP contribution < -0.4 is 5.32 Å². The van der Waals surface area contributed by atoms with E-state index in [1.54, 1.807) is 32.4 Å². The summed E-state index contributed by atoms with van der Waals surface area (Å²) in [5.41, 5.74) is 0. The lowest BCUT2D eigenvalue weighted by Gasteiger charge is -2.24. The number of amides is 1. The first kappa shape index (κ1) is 51.6. The molecule has 1 heterocycles. The first-order chi connectivity index (χ1) is 26.6. The number of carbonyl (C=O) groups is 1. The molecular formula is C34H60NO15P3S4. The van der Waals surface area contributed by atoms with Gasteiger partial charge in [0.1, 0.15) is 30.7 Å². The van der Waals surface area contributed by atoms with Crippen molar-refractivity contribution in [1.29, 1.82) is 0 Å². The SMILES string of the molecule is CC(C)(C)SSCO[C@@H]1C[C@H]([C@H]2CCCC[C@@H](C#CCOCSSC(C)(C)CNC(=O)OC3CC/C=C/CCC3)C2)O[C@@H]1COP(=O)(O)OP(=O)(O)OP(=O)(O)O. The average Bonchev–Trinajstić information content (AvgIpc) is 3.32. The molecule has 0 aromatic carbocycles. The molecule has 2 fully saturated rings. The molecule has 2 aliphatic carbocycles. The molecule has 5 N–H and O–H groups in total. The Morgan fingerprint density at radius 3 is 2.33 bits per heavy atom. The van der Waals surface area contributed by atoms with Gasteiger partial charge in [0.15, 0.2) is 0 Å². The third-order valence-corrected chi connectivity index (χ3v) is 18.5. The highest BCUT2D eigenvalue weighted by Crippen LogP contribution is 2.66. The number of phosphoric acid groups is 3. The van der Waals surface area contributed by atoms with Crippen LogP contribution in [0.5, 0.6) is 0 Å². The van der Waals surface area contributed by atoms with E-state index >= 15 is 0 Å². The molecule has 1 saturated carbocycles.